The predicted octanol–water partition coefficient (Wildman–Crippen LogP) is 3.24. The molecule has 0 fully saturated rings. The molecular weight excluding hydrogens is 266 g/mol. The SMILES string of the molecule is COc1ccccc1C(=O)COc1cc(F)cc(F)c1. The van der Waals surface area contributed by atoms with Gasteiger partial charge in [0.1, 0.15) is 23.1 Å². The van der Waals surface area contributed by atoms with Crippen molar-refractivity contribution in [3.05, 3.63) is 59.7 Å². The number of ether oxygens (including phenoxy) is 2. The average molecular weight is 278 g/mol. The predicted molar refractivity (Wildman–Crippen MR) is 69.2 cm³/mol. The van der Waals surface area contributed by atoms with Crippen molar-refractivity contribution in [3.8, 4) is 11.5 Å². The second kappa shape index (κ2) is 6.14. The Morgan fingerprint density at radius 1 is 1.10 bits per heavy atom. The van der Waals surface area contributed by atoms with Gasteiger partial charge in [-0.05, 0) is 12.1 Å². The Labute approximate surface area is 114 Å². The van der Waals surface area contributed by atoms with Gasteiger partial charge in [-0.3, -0.25) is 4.79 Å². The normalized spacial score (nSPS) is 10.2. The molecule has 20 heavy (non-hydrogen) atoms. The van der Waals surface area contributed by atoms with Gasteiger partial charge < -0.3 is 9.47 Å². The Hall–Kier alpha value is -2.43. The van der Waals surface area contributed by atoms with E-state index < -0.39 is 11.6 Å². The molecule has 0 amide bonds. The Bertz CT molecular complexity index is 606. The third kappa shape index (κ3) is 3.32. The van der Waals surface area contributed by atoms with Crippen molar-refractivity contribution in [3.63, 3.8) is 0 Å². The van der Waals surface area contributed by atoms with Gasteiger partial charge in [0, 0.05) is 18.2 Å². The van der Waals surface area contributed by atoms with Crippen LogP contribution in [0.2, 0.25) is 0 Å². The second-order valence-electron chi connectivity index (χ2n) is 4.02. The fourth-order valence-electron chi connectivity index (χ4n) is 1.71. The molecule has 0 bridgehead atoms. The molecule has 2 aromatic carbocycles. The quantitative estimate of drug-likeness (QED) is 0.788. The highest BCUT2D eigenvalue weighted by Gasteiger charge is 2.12. The summed E-state index contributed by atoms with van der Waals surface area (Å²) in [7, 11) is 1.45. The van der Waals surface area contributed by atoms with E-state index in [2.05, 4.69) is 0 Å². The van der Waals surface area contributed by atoms with Gasteiger partial charge in [0.15, 0.2) is 6.61 Å². The first kappa shape index (κ1) is 14.0. The molecule has 2 rings (SSSR count). The Balaban J connectivity index is 2.08. The molecule has 0 radical (unpaired) electrons. The van der Waals surface area contributed by atoms with Crippen LogP contribution in [0.4, 0.5) is 8.78 Å². The average Bonchev–Trinajstić information content (AvgIpc) is 2.43. The number of carbonyl (C=O) groups excluding carboxylic acids is 1. The minimum Gasteiger partial charge on any atom is -0.496 e. The number of Topliss-reactive ketones (excluding diaryl/α,β-unsaturated/α-hetero) is 1. The van der Waals surface area contributed by atoms with E-state index in [0.717, 1.165) is 18.2 Å². The van der Waals surface area contributed by atoms with Gasteiger partial charge in [0.05, 0.1) is 12.7 Å². The van der Waals surface area contributed by atoms with Crippen LogP contribution in [0.25, 0.3) is 0 Å². The molecule has 0 unspecified atom stereocenters. The van der Waals surface area contributed by atoms with E-state index in [1.54, 1.807) is 24.3 Å². The van der Waals surface area contributed by atoms with Gasteiger partial charge in [0.2, 0.25) is 5.78 Å². The van der Waals surface area contributed by atoms with E-state index in [1.807, 2.05) is 0 Å². The summed E-state index contributed by atoms with van der Waals surface area (Å²) in [6.07, 6.45) is 0. The summed E-state index contributed by atoms with van der Waals surface area (Å²) >= 11 is 0. The van der Waals surface area contributed by atoms with Gasteiger partial charge in [-0.15, -0.1) is 0 Å². The van der Waals surface area contributed by atoms with Gasteiger partial charge in [-0.2, -0.15) is 0 Å². The highest BCUT2D eigenvalue weighted by molar-refractivity contribution is 5.99. The van der Waals surface area contributed by atoms with Crippen molar-refractivity contribution in [1.29, 1.82) is 0 Å². The summed E-state index contributed by atoms with van der Waals surface area (Å²) in [5.74, 6) is -1.47. The van der Waals surface area contributed by atoms with Crippen LogP contribution in [0, 0.1) is 11.6 Å². The Morgan fingerprint density at radius 2 is 1.75 bits per heavy atom. The molecule has 0 aromatic heterocycles. The maximum atomic E-state index is 13.0. The van der Waals surface area contributed by atoms with Crippen LogP contribution in [-0.4, -0.2) is 19.5 Å². The van der Waals surface area contributed by atoms with Crippen molar-refractivity contribution in [2.45, 2.75) is 0 Å². The fraction of sp³-hybridized carbons (Fsp3) is 0.133. The highest BCUT2D eigenvalue weighted by atomic mass is 19.1. The maximum absolute atomic E-state index is 13.0. The third-order valence-electron chi connectivity index (χ3n) is 2.61. The summed E-state index contributed by atoms with van der Waals surface area (Å²) in [5.41, 5.74) is 0.354. The molecule has 0 aliphatic carbocycles. The number of methoxy groups -OCH3 is 1. The Morgan fingerprint density at radius 3 is 2.40 bits per heavy atom. The van der Waals surface area contributed by atoms with Crippen LogP contribution in [0.15, 0.2) is 42.5 Å². The van der Waals surface area contributed by atoms with Crippen LogP contribution in [-0.2, 0) is 0 Å². The van der Waals surface area contributed by atoms with Crippen molar-refractivity contribution in [2.75, 3.05) is 13.7 Å². The number of para-hydroxylation sites is 1. The summed E-state index contributed by atoms with van der Waals surface area (Å²) in [6.45, 7) is -0.330. The largest absolute Gasteiger partial charge is 0.496 e. The summed E-state index contributed by atoms with van der Waals surface area (Å²) in [6, 6.07) is 9.42. The third-order valence-corrected chi connectivity index (χ3v) is 2.61. The molecule has 5 heteroatoms. The molecular formula is C15H12F2O3. The number of carbonyl (C=O) groups is 1. The molecule has 2 aromatic rings. The first-order valence-electron chi connectivity index (χ1n) is 5.85. The van der Waals surface area contributed by atoms with E-state index in [9.17, 15) is 13.6 Å². The lowest BCUT2D eigenvalue weighted by Gasteiger charge is -2.09. The zero-order valence-electron chi connectivity index (χ0n) is 10.7. The van der Waals surface area contributed by atoms with E-state index in [1.165, 1.54) is 7.11 Å². The molecule has 0 aliphatic rings. The van der Waals surface area contributed by atoms with Crippen LogP contribution in [0.1, 0.15) is 10.4 Å². The van der Waals surface area contributed by atoms with E-state index in [0.29, 0.717) is 11.3 Å². The smallest absolute Gasteiger partial charge is 0.203 e. The number of halogens is 2. The summed E-state index contributed by atoms with van der Waals surface area (Å²) in [4.78, 5) is 12.0. The molecule has 0 heterocycles. The second-order valence-corrected chi connectivity index (χ2v) is 4.02. The monoisotopic (exact) mass is 278 g/mol. The number of hydrogen-bond acceptors (Lipinski definition) is 3. The summed E-state index contributed by atoms with van der Waals surface area (Å²) in [5, 5.41) is 0. The van der Waals surface area contributed by atoms with Crippen molar-refractivity contribution in [2.24, 2.45) is 0 Å². The van der Waals surface area contributed by atoms with Crippen LogP contribution in [0.3, 0.4) is 0 Å². The molecule has 0 saturated carbocycles. The van der Waals surface area contributed by atoms with Crippen LogP contribution >= 0.6 is 0 Å². The first-order valence-corrected chi connectivity index (χ1v) is 5.85. The number of ketones is 1. The zero-order chi connectivity index (χ0) is 14.5. The molecule has 3 nitrogen and oxygen atoms in total. The van der Waals surface area contributed by atoms with Gasteiger partial charge in [-0.25, -0.2) is 8.78 Å². The lowest BCUT2D eigenvalue weighted by molar-refractivity contribution is 0.0918. The lowest BCUT2D eigenvalue weighted by atomic mass is 10.1. The first-order chi connectivity index (χ1) is 9.60. The molecule has 0 saturated heterocycles. The van der Waals surface area contributed by atoms with E-state index >= 15 is 0 Å². The molecule has 104 valence electrons. The molecule has 0 aliphatic heterocycles. The highest BCUT2D eigenvalue weighted by Crippen LogP contribution is 2.19. The molecule has 0 atom stereocenters. The van der Waals surface area contributed by atoms with Gasteiger partial charge >= 0.3 is 0 Å². The van der Waals surface area contributed by atoms with Crippen LogP contribution in [0.5, 0.6) is 11.5 Å². The minimum absolute atomic E-state index is 0.0363. The van der Waals surface area contributed by atoms with Crippen molar-refractivity contribution in [1.82, 2.24) is 0 Å². The molecule has 0 spiro atoms. The van der Waals surface area contributed by atoms with E-state index in [4.69, 9.17) is 9.47 Å². The van der Waals surface area contributed by atoms with E-state index in [-0.39, 0.29) is 18.1 Å². The van der Waals surface area contributed by atoms with Crippen molar-refractivity contribution >= 4 is 5.78 Å². The number of rotatable bonds is 5. The topological polar surface area (TPSA) is 35.5 Å². The van der Waals surface area contributed by atoms with Gasteiger partial charge in [-0.1, -0.05) is 12.1 Å². The van der Waals surface area contributed by atoms with Crippen LogP contribution < -0.4 is 9.47 Å². The molecule has 0 N–H and O–H groups in total. The Kier molecular flexibility index (Phi) is 4.30. The summed E-state index contributed by atoms with van der Waals surface area (Å²) < 4.78 is 36.1. The number of benzene rings is 2. The maximum Gasteiger partial charge on any atom is 0.203 e. The lowest BCUT2D eigenvalue weighted by Crippen LogP contribution is -2.12. The number of hydrogen-bond donors (Lipinski definition) is 0. The zero-order valence-corrected chi connectivity index (χ0v) is 10.7. The van der Waals surface area contributed by atoms with Crippen molar-refractivity contribution < 1.29 is 23.0 Å². The fourth-order valence-corrected chi connectivity index (χ4v) is 1.71. The standard InChI is InChI=1S/C15H12F2O3/c1-19-15-5-3-2-4-13(15)14(18)9-20-12-7-10(16)6-11(17)8-12/h2-8H,9H2,1H3. The van der Waals surface area contributed by atoms with Gasteiger partial charge in [0.25, 0.3) is 0 Å². The minimum atomic E-state index is -0.759.